The van der Waals surface area contributed by atoms with Gasteiger partial charge in [0, 0.05) is 0 Å². The van der Waals surface area contributed by atoms with Gasteiger partial charge in [-0.3, -0.25) is 9.59 Å². The molecule has 2 aromatic rings. The van der Waals surface area contributed by atoms with Crippen molar-refractivity contribution in [3.05, 3.63) is 28.6 Å². The highest BCUT2D eigenvalue weighted by Gasteiger charge is 2.47. The molecule has 5 nitrogen and oxygen atoms in total. The lowest BCUT2D eigenvalue weighted by Crippen LogP contribution is -2.43. The number of rotatable bonds is 10. The van der Waals surface area contributed by atoms with Crippen LogP contribution in [0, 0.1) is 5.92 Å². The van der Waals surface area contributed by atoms with E-state index in [-0.39, 0.29) is 0 Å². The Labute approximate surface area is 172 Å². The van der Waals surface area contributed by atoms with Gasteiger partial charge in [-0.05, 0) is 55.4 Å². The van der Waals surface area contributed by atoms with Crippen LogP contribution >= 0.6 is 12.6 Å². The number of aromatic nitrogens is 2. The number of carboxylic acids is 1. The van der Waals surface area contributed by atoms with Crippen molar-refractivity contribution in [3.63, 3.8) is 0 Å². The summed E-state index contributed by atoms with van der Waals surface area (Å²) in [6.07, 6.45) is 4.67. The minimum absolute atomic E-state index is 0.399. The number of benzene rings is 1. The maximum absolute atomic E-state index is 12.6. The molecule has 0 saturated carbocycles. The van der Waals surface area contributed by atoms with Crippen molar-refractivity contribution < 1.29 is 14.7 Å². The van der Waals surface area contributed by atoms with Gasteiger partial charge in [0.1, 0.15) is 11.2 Å². The second-order valence-electron chi connectivity index (χ2n) is 7.58. The molecule has 28 heavy (non-hydrogen) atoms. The van der Waals surface area contributed by atoms with Gasteiger partial charge in [-0.25, -0.2) is 4.98 Å². The first-order valence-corrected chi connectivity index (χ1v) is 10.7. The van der Waals surface area contributed by atoms with Crippen molar-refractivity contribution in [3.8, 4) is 0 Å². The molecule has 0 radical (unpaired) electrons. The zero-order valence-electron chi connectivity index (χ0n) is 17.6. The number of aliphatic carboxylic acids is 1. The summed E-state index contributed by atoms with van der Waals surface area (Å²) in [5, 5.41) is 9.39. The van der Waals surface area contributed by atoms with Gasteiger partial charge in [0.05, 0.1) is 17.0 Å². The number of nitrogens with zero attached hydrogens (tertiary/aromatic N) is 1. The molecule has 2 N–H and O–H groups in total. The van der Waals surface area contributed by atoms with E-state index >= 15 is 0 Å². The van der Waals surface area contributed by atoms with E-state index in [0.717, 1.165) is 43.1 Å². The summed E-state index contributed by atoms with van der Waals surface area (Å²) in [6, 6.07) is 2.09. The fraction of sp³-hybridized carbons (Fsp3) is 0.591. The Morgan fingerprint density at radius 3 is 2.29 bits per heavy atom. The highest BCUT2D eigenvalue weighted by atomic mass is 32.1. The van der Waals surface area contributed by atoms with Crippen LogP contribution in [0.25, 0.3) is 11.0 Å². The molecule has 1 heterocycles. The molecule has 0 amide bonds. The predicted molar refractivity (Wildman–Crippen MR) is 116 cm³/mol. The number of carbonyl (C=O) groups excluding carboxylic acids is 1. The first-order valence-electron chi connectivity index (χ1n) is 10.3. The van der Waals surface area contributed by atoms with Crippen LogP contribution in [0.15, 0.2) is 6.07 Å². The van der Waals surface area contributed by atoms with Gasteiger partial charge in [0.25, 0.3) is 0 Å². The lowest BCUT2D eigenvalue weighted by molar-refractivity contribution is -0.146. The highest BCUT2D eigenvalue weighted by Crippen LogP contribution is 2.38. The molecular weight excluding hydrogens is 372 g/mol. The molecule has 0 saturated heterocycles. The van der Waals surface area contributed by atoms with E-state index in [2.05, 4.69) is 44.5 Å². The first kappa shape index (κ1) is 22.5. The smallest absolute Gasteiger partial charge is 0.308 e. The van der Waals surface area contributed by atoms with E-state index in [9.17, 15) is 14.7 Å². The van der Waals surface area contributed by atoms with Crippen molar-refractivity contribution in [1.29, 1.82) is 0 Å². The van der Waals surface area contributed by atoms with E-state index < -0.39 is 22.4 Å². The molecule has 1 aromatic carbocycles. The maximum atomic E-state index is 12.6. The summed E-state index contributed by atoms with van der Waals surface area (Å²) in [5.41, 5.74) is 4.13. The molecule has 0 fully saturated rings. The number of thiol groups is 1. The quantitative estimate of drug-likeness (QED) is 0.494. The number of nitrogens with one attached hydrogen (secondary N) is 1. The Morgan fingerprint density at radius 2 is 1.82 bits per heavy atom. The average Bonchev–Trinajstić information content (AvgIpc) is 3.09. The van der Waals surface area contributed by atoms with Crippen LogP contribution in [0.3, 0.4) is 0 Å². The highest BCUT2D eigenvalue weighted by molar-refractivity contribution is 7.96. The number of imidazole rings is 1. The largest absolute Gasteiger partial charge is 0.481 e. The van der Waals surface area contributed by atoms with Gasteiger partial charge >= 0.3 is 5.97 Å². The zero-order valence-corrected chi connectivity index (χ0v) is 18.4. The molecule has 6 heteroatoms. The molecule has 154 valence electrons. The summed E-state index contributed by atoms with van der Waals surface area (Å²) in [7, 11) is 0. The molecule has 2 atom stereocenters. The number of hydrogen-bond donors (Lipinski definition) is 3. The minimum atomic E-state index is -1.31. The number of fused-ring (bicyclic) bond motifs is 1. The van der Waals surface area contributed by atoms with Crippen molar-refractivity contribution >= 4 is 34.7 Å². The van der Waals surface area contributed by atoms with Crippen molar-refractivity contribution in [2.24, 2.45) is 5.92 Å². The molecule has 2 rings (SSSR count). The second-order valence-corrected chi connectivity index (χ2v) is 7.98. The number of unbranched alkanes of at least 4 members (excludes halogenated alkanes) is 1. The number of carboxylic acid groups (broad SMARTS) is 1. The Morgan fingerprint density at radius 1 is 1.18 bits per heavy atom. The van der Waals surface area contributed by atoms with Gasteiger partial charge in [0.2, 0.25) is 0 Å². The molecule has 0 bridgehead atoms. The molecule has 1 aromatic heterocycles. The summed E-state index contributed by atoms with van der Waals surface area (Å²) >= 11 is 4.09. The van der Waals surface area contributed by atoms with E-state index in [4.69, 9.17) is 4.98 Å². The van der Waals surface area contributed by atoms with Crippen molar-refractivity contribution in [2.45, 2.75) is 78.6 Å². The SMILES string of the molecule is CCCCC(C(=O)O)C(C)(C(=O)S)c1nc2c(CC)c(CC)c(CC)cc2[nH]1. The third-order valence-corrected chi connectivity index (χ3v) is 6.42. The summed E-state index contributed by atoms with van der Waals surface area (Å²) in [4.78, 5) is 32.7. The Kier molecular flexibility index (Phi) is 7.32. The number of hydrogen-bond acceptors (Lipinski definition) is 3. The maximum Gasteiger partial charge on any atom is 0.308 e. The zero-order chi connectivity index (χ0) is 21.1. The van der Waals surface area contributed by atoms with Crippen molar-refractivity contribution in [2.75, 3.05) is 0 Å². The lowest BCUT2D eigenvalue weighted by atomic mass is 9.74. The van der Waals surface area contributed by atoms with E-state index in [1.807, 2.05) is 6.92 Å². The monoisotopic (exact) mass is 404 g/mol. The second kappa shape index (κ2) is 9.12. The fourth-order valence-corrected chi connectivity index (χ4v) is 4.45. The lowest BCUT2D eigenvalue weighted by Gasteiger charge is -2.30. The van der Waals surface area contributed by atoms with Crippen LogP contribution in [-0.2, 0) is 34.3 Å². The number of aryl methyl sites for hydroxylation is 2. The van der Waals surface area contributed by atoms with E-state index in [0.29, 0.717) is 12.2 Å². The molecule has 0 aliphatic rings. The third kappa shape index (κ3) is 3.84. The first-order chi connectivity index (χ1) is 13.3. The van der Waals surface area contributed by atoms with Gasteiger partial charge in [0.15, 0.2) is 5.12 Å². The van der Waals surface area contributed by atoms with Crippen LogP contribution in [-0.4, -0.2) is 26.2 Å². The predicted octanol–water partition coefficient (Wildman–Crippen LogP) is 4.86. The number of H-pyrrole nitrogens is 1. The summed E-state index contributed by atoms with van der Waals surface area (Å²) in [6.45, 7) is 10.0. The van der Waals surface area contributed by atoms with Crippen LogP contribution in [0.5, 0.6) is 0 Å². The summed E-state index contributed by atoms with van der Waals surface area (Å²) in [5.74, 6) is -1.46. The Balaban J connectivity index is 2.74. The number of aromatic amines is 1. The van der Waals surface area contributed by atoms with Crippen molar-refractivity contribution in [1.82, 2.24) is 9.97 Å². The van der Waals surface area contributed by atoms with E-state index in [1.54, 1.807) is 6.92 Å². The third-order valence-electron chi connectivity index (χ3n) is 5.95. The van der Waals surface area contributed by atoms with Gasteiger partial charge < -0.3 is 10.1 Å². The molecule has 0 aliphatic carbocycles. The van der Waals surface area contributed by atoms with Gasteiger partial charge in [-0.1, -0.05) is 40.5 Å². The molecule has 0 spiro atoms. The number of carbonyl (C=O) groups is 2. The average molecular weight is 405 g/mol. The molecular formula is C22H32N2O3S. The fourth-order valence-electron chi connectivity index (χ4n) is 4.18. The Bertz CT molecular complexity index is 874. The minimum Gasteiger partial charge on any atom is -0.481 e. The standard InChI is InChI=1S/C22H32N2O3S/c1-6-10-11-16(19(25)26)22(5,21(27)28)20-23-17-12-13(7-2)14(8-3)15(9-4)18(17)24-20/h12,16H,6-11H2,1-5H3,(H,23,24)(H,25,26)(H,27,28). The van der Waals surface area contributed by atoms with Crippen LogP contribution in [0.4, 0.5) is 0 Å². The molecule has 0 aliphatic heterocycles. The molecule has 2 unspecified atom stereocenters. The van der Waals surface area contributed by atoms with Crippen LogP contribution < -0.4 is 0 Å². The topological polar surface area (TPSA) is 83.0 Å². The normalized spacial score (nSPS) is 14.8. The van der Waals surface area contributed by atoms with E-state index in [1.165, 1.54) is 16.7 Å². The van der Waals surface area contributed by atoms with Crippen LogP contribution in [0.2, 0.25) is 0 Å². The summed E-state index contributed by atoms with van der Waals surface area (Å²) < 4.78 is 0. The van der Waals surface area contributed by atoms with Gasteiger partial charge in [-0.15, -0.1) is 12.6 Å². The van der Waals surface area contributed by atoms with Crippen LogP contribution in [0.1, 0.15) is 76.4 Å². The van der Waals surface area contributed by atoms with Gasteiger partial charge in [-0.2, -0.15) is 0 Å². The Hall–Kier alpha value is -1.82.